The Kier molecular flexibility index (Phi) is 15.9. The third-order valence-corrected chi connectivity index (χ3v) is 4.07. The van der Waals surface area contributed by atoms with E-state index in [1.54, 1.807) is 0 Å². The molecule has 0 aliphatic carbocycles. The zero-order valence-electron chi connectivity index (χ0n) is 14.6. The summed E-state index contributed by atoms with van der Waals surface area (Å²) in [6, 6.07) is 0. The molecule has 0 rings (SSSR count). The Morgan fingerprint density at radius 2 is 1.32 bits per heavy atom. The fourth-order valence-corrected chi connectivity index (χ4v) is 2.55. The quantitative estimate of drug-likeness (QED) is 0.315. The second-order valence-electron chi connectivity index (χ2n) is 6.29. The summed E-state index contributed by atoms with van der Waals surface area (Å²) in [4.78, 5) is 10.6. The van der Waals surface area contributed by atoms with E-state index >= 15 is 0 Å². The summed E-state index contributed by atoms with van der Waals surface area (Å²) < 4.78 is 0. The predicted octanol–water partition coefficient (Wildman–Crippen LogP) is 4.87. The van der Waals surface area contributed by atoms with Crippen molar-refractivity contribution in [3.8, 4) is 0 Å². The highest BCUT2D eigenvalue weighted by atomic mass is 16.3. The summed E-state index contributed by atoms with van der Waals surface area (Å²) in [6.07, 6.45) is 20.5. The lowest BCUT2D eigenvalue weighted by Gasteiger charge is -2.05. The lowest BCUT2D eigenvalue weighted by Crippen LogP contribution is -2.27. The van der Waals surface area contributed by atoms with Gasteiger partial charge in [0.05, 0.1) is 0 Å². The van der Waals surface area contributed by atoms with Crippen molar-refractivity contribution in [3.63, 3.8) is 0 Å². The number of aliphatic hydroxyl groups excluding tert-OH is 1. The van der Waals surface area contributed by atoms with Gasteiger partial charge in [-0.1, -0.05) is 76.9 Å². The van der Waals surface area contributed by atoms with Crippen LogP contribution in [0.5, 0.6) is 0 Å². The molecule has 0 aromatic heterocycles. The Morgan fingerprint density at radius 1 is 0.864 bits per heavy atom. The molecule has 0 fully saturated rings. The molecule has 0 aliphatic rings. The van der Waals surface area contributed by atoms with E-state index in [1.165, 1.54) is 70.6 Å². The number of primary amides is 1. The zero-order chi connectivity index (χ0) is 16.5. The standard InChI is InChI=1S/C19H37NO2/c1-2-3-4-5-6-7-8-9-10-11-12-13-14-15-16-17-18(21)19(20)22/h9-10,18,21H,2-8,11-17H2,1H3,(H2,20,22)/b10-9+. The number of carbonyl (C=O) groups is 1. The Bertz CT molecular complexity index is 277. The molecular weight excluding hydrogens is 274 g/mol. The van der Waals surface area contributed by atoms with Gasteiger partial charge in [0.25, 0.3) is 0 Å². The topological polar surface area (TPSA) is 63.3 Å². The van der Waals surface area contributed by atoms with Crippen LogP contribution in [0.25, 0.3) is 0 Å². The zero-order valence-corrected chi connectivity index (χ0v) is 14.6. The Morgan fingerprint density at radius 3 is 1.82 bits per heavy atom. The molecular formula is C19H37NO2. The SMILES string of the molecule is CCCCCCCC/C=C/CCCCCCCC(O)C(N)=O. The minimum Gasteiger partial charge on any atom is -0.383 e. The molecule has 0 heterocycles. The Balaban J connectivity index is 3.16. The highest BCUT2D eigenvalue weighted by Crippen LogP contribution is 2.10. The third kappa shape index (κ3) is 15.6. The molecule has 1 atom stereocenters. The number of unbranched alkanes of at least 4 members (excludes halogenated alkanes) is 11. The van der Waals surface area contributed by atoms with Crippen LogP contribution in [-0.4, -0.2) is 17.1 Å². The van der Waals surface area contributed by atoms with Gasteiger partial charge in [-0.3, -0.25) is 4.79 Å². The van der Waals surface area contributed by atoms with E-state index < -0.39 is 12.0 Å². The number of amides is 1. The minimum atomic E-state index is -0.954. The second-order valence-corrected chi connectivity index (χ2v) is 6.29. The molecule has 22 heavy (non-hydrogen) atoms. The van der Waals surface area contributed by atoms with Crippen LogP contribution in [0.1, 0.15) is 96.8 Å². The molecule has 0 radical (unpaired) electrons. The Labute approximate surface area is 137 Å². The van der Waals surface area contributed by atoms with Gasteiger partial charge in [-0.2, -0.15) is 0 Å². The minimum absolute atomic E-state index is 0.507. The van der Waals surface area contributed by atoms with Crippen LogP contribution in [0.15, 0.2) is 12.2 Å². The van der Waals surface area contributed by atoms with Crippen LogP contribution >= 0.6 is 0 Å². The first kappa shape index (κ1) is 21.2. The maximum absolute atomic E-state index is 10.6. The molecule has 3 N–H and O–H groups in total. The first-order valence-electron chi connectivity index (χ1n) is 9.30. The monoisotopic (exact) mass is 311 g/mol. The molecule has 0 saturated carbocycles. The van der Waals surface area contributed by atoms with Gasteiger partial charge in [-0.15, -0.1) is 0 Å². The number of hydrogen-bond acceptors (Lipinski definition) is 2. The molecule has 0 aromatic rings. The Hall–Kier alpha value is -0.830. The summed E-state index contributed by atoms with van der Waals surface area (Å²) >= 11 is 0. The van der Waals surface area contributed by atoms with Gasteiger partial charge in [-0.25, -0.2) is 0 Å². The van der Waals surface area contributed by atoms with Gasteiger partial charge in [-0.05, 0) is 32.1 Å². The average molecular weight is 312 g/mol. The molecule has 1 unspecified atom stereocenters. The van der Waals surface area contributed by atoms with E-state index in [9.17, 15) is 9.90 Å². The van der Waals surface area contributed by atoms with Crippen molar-refractivity contribution >= 4 is 5.91 Å². The normalized spacial score (nSPS) is 12.8. The number of carbonyl (C=O) groups excluding carboxylic acids is 1. The summed E-state index contributed by atoms with van der Waals surface area (Å²) in [6.45, 7) is 2.26. The van der Waals surface area contributed by atoms with E-state index in [0.29, 0.717) is 6.42 Å². The molecule has 0 aliphatic heterocycles. The highest BCUT2D eigenvalue weighted by molar-refractivity contribution is 5.78. The molecule has 3 nitrogen and oxygen atoms in total. The van der Waals surface area contributed by atoms with Crippen LogP contribution in [-0.2, 0) is 4.79 Å². The van der Waals surface area contributed by atoms with Gasteiger partial charge < -0.3 is 10.8 Å². The number of hydrogen-bond donors (Lipinski definition) is 2. The van der Waals surface area contributed by atoms with Gasteiger partial charge in [0.1, 0.15) is 6.10 Å². The highest BCUT2D eigenvalue weighted by Gasteiger charge is 2.08. The lowest BCUT2D eigenvalue weighted by atomic mass is 10.1. The molecule has 130 valence electrons. The van der Waals surface area contributed by atoms with Crippen LogP contribution in [0.2, 0.25) is 0 Å². The maximum atomic E-state index is 10.6. The van der Waals surface area contributed by atoms with Gasteiger partial charge in [0, 0.05) is 0 Å². The number of aliphatic hydroxyl groups is 1. The second kappa shape index (κ2) is 16.5. The van der Waals surface area contributed by atoms with Gasteiger partial charge in [0.15, 0.2) is 0 Å². The van der Waals surface area contributed by atoms with Crippen molar-refractivity contribution in [2.75, 3.05) is 0 Å². The van der Waals surface area contributed by atoms with Crippen LogP contribution in [0.4, 0.5) is 0 Å². The van der Waals surface area contributed by atoms with E-state index in [1.807, 2.05) is 0 Å². The van der Waals surface area contributed by atoms with Gasteiger partial charge in [0.2, 0.25) is 5.91 Å². The van der Waals surface area contributed by atoms with E-state index in [4.69, 9.17) is 5.73 Å². The van der Waals surface area contributed by atoms with Gasteiger partial charge >= 0.3 is 0 Å². The summed E-state index contributed by atoms with van der Waals surface area (Å²) in [5.74, 6) is -0.601. The van der Waals surface area contributed by atoms with Crippen molar-refractivity contribution < 1.29 is 9.90 Å². The fourth-order valence-electron chi connectivity index (χ4n) is 2.55. The average Bonchev–Trinajstić information content (AvgIpc) is 2.50. The van der Waals surface area contributed by atoms with Crippen LogP contribution in [0.3, 0.4) is 0 Å². The summed E-state index contributed by atoms with van der Waals surface area (Å²) in [5, 5.41) is 9.25. The first-order valence-corrected chi connectivity index (χ1v) is 9.30. The van der Waals surface area contributed by atoms with Crippen LogP contribution in [0, 0.1) is 0 Å². The molecule has 0 bridgehead atoms. The van der Waals surface area contributed by atoms with E-state index in [2.05, 4.69) is 19.1 Å². The summed E-state index contributed by atoms with van der Waals surface area (Å²) in [7, 11) is 0. The largest absolute Gasteiger partial charge is 0.383 e. The summed E-state index contributed by atoms with van der Waals surface area (Å²) in [5.41, 5.74) is 5.00. The number of allylic oxidation sites excluding steroid dienone is 2. The van der Waals surface area contributed by atoms with Crippen molar-refractivity contribution in [2.24, 2.45) is 5.73 Å². The van der Waals surface area contributed by atoms with Crippen molar-refractivity contribution in [3.05, 3.63) is 12.2 Å². The maximum Gasteiger partial charge on any atom is 0.246 e. The van der Waals surface area contributed by atoms with Crippen molar-refractivity contribution in [2.45, 2.75) is 103 Å². The number of nitrogens with two attached hydrogens (primary N) is 1. The van der Waals surface area contributed by atoms with E-state index in [-0.39, 0.29) is 0 Å². The predicted molar refractivity (Wildman–Crippen MR) is 94.7 cm³/mol. The smallest absolute Gasteiger partial charge is 0.246 e. The molecule has 3 heteroatoms. The van der Waals surface area contributed by atoms with Crippen molar-refractivity contribution in [1.29, 1.82) is 0 Å². The van der Waals surface area contributed by atoms with Crippen molar-refractivity contribution in [1.82, 2.24) is 0 Å². The lowest BCUT2D eigenvalue weighted by molar-refractivity contribution is -0.126. The molecule has 0 spiro atoms. The third-order valence-electron chi connectivity index (χ3n) is 4.07. The molecule has 1 amide bonds. The number of rotatable bonds is 16. The molecule has 0 aromatic carbocycles. The van der Waals surface area contributed by atoms with Crippen LogP contribution < -0.4 is 5.73 Å². The first-order chi connectivity index (χ1) is 10.7. The fraction of sp³-hybridized carbons (Fsp3) is 0.842. The molecule has 0 saturated heterocycles. The van der Waals surface area contributed by atoms with E-state index in [0.717, 1.165) is 12.8 Å².